The smallest absolute Gasteiger partial charge is 0.0624 e. The Hall–Kier alpha value is 0.660. The lowest BCUT2D eigenvalue weighted by atomic mass is 10.4. The molecule has 7 heavy (non-hydrogen) atoms. The molecular weight excluding hydrogens is 128 g/mol. The Morgan fingerprint density at radius 2 is 2.29 bits per heavy atom. The molecule has 0 aromatic carbocycles. The zero-order chi connectivity index (χ0) is 4.95. The fraction of sp³-hybridized carbons (Fsp3) is 1.00. The van der Waals surface area contributed by atoms with Gasteiger partial charge < -0.3 is 4.18 Å². The molecule has 1 saturated heterocycles. The molecule has 1 heterocycles. The molecule has 0 aromatic rings. The summed E-state index contributed by atoms with van der Waals surface area (Å²) in [5.74, 6) is 1.25. The molecule has 0 saturated carbocycles. The molecule has 1 aliphatic heterocycles. The zero-order valence-corrected chi connectivity index (χ0v) is 5.69. The number of rotatable bonds is 0. The summed E-state index contributed by atoms with van der Waals surface area (Å²) in [4.78, 5) is 0. The van der Waals surface area contributed by atoms with Crippen LogP contribution >= 0.6 is 21.9 Å². The summed E-state index contributed by atoms with van der Waals surface area (Å²) in [6.45, 7) is 0.942. The van der Waals surface area contributed by atoms with Crippen LogP contribution < -0.4 is 0 Å². The summed E-state index contributed by atoms with van der Waals surface area (Å²) in [6, 6.07) is 0. The van der Waals surface area contributed by atoms with E-state index in [0.29, 0.717) is 0 Å². The Balaban J connectivity index is 2.04. The number of hydrogen-bond donors (Lipinski definition) is 0. The summed E-state index contributed by atoms with van der Waals surface area (Å²) in [5.41, 5.74) is 0. The summed E-state index contributed by atoms with van der Waals surface area (Å²) in [5, 5.41) is 0. The van der Waals surface area contributed by atoms with E-state index in [9.17, 15) is 0 Å². The second kappa shape index (κ2) is 3.64. The van der Waals surface area contributed by atoms with Crippen molar-refractivity contribution in [3.05, 3.63) is 0 Å². The van der Waals surface area contributed by atoms with Crippen LogP contribution in [0.15, 0.2) is 0 Å². The minimum Gasteiger partial charge on any atom is -0.305 e. The predicted octanol–water partition coefficient (Wildman–Crippen LogP) is 2.09. The van der Waals surface area contributed by atoms with Crippen molar-refractivity contribution >= 4 is 21.9 Å². The van der Waals surface area contributed by atoms with Crippen molar-refractivity contribution in [3.63, 3.8) is 0 Å². The highest BCUT2D eigenvalue weighted by Crippen LogP contribution is 2.26. The molecule has 3 heteroatoms. The van der Waals surface area contributed by atoms with E-state index >= 15 is 0 Å². The van der Waals surface area contributed by atoms with Crippen LogP contribution in [-0.2, 0) is 4.18 Å². The molecule has 0 spiro atoms. The van der Waals surface area contributed by atoms with E-state index in [1.54, 1.807) is 0 Å². The third-order valence-electron chi connectivity index (χ3n) is 0.802. The highest BCUT2D eigenvalue weighted by atomic mass is 33.1. The van der Waals surface area contributed by atoms with Crippen LogP contribution in [0.25, 0.3) is 0 Å². The molecule has 0 atom stereocenters. The molecule has 42 valence electrons. The minimum absolute atomic E-state index is 0.942. The van der Waals surface area contributed by atoms with Crippen molar-refractivity contribution in [1.29, 1.82) is 0 Å². The minimum atomic E-state index is 0.942. The second-order valence-corrected chi connectivity index (χ2v) is 3.55. The summed E-state index contributed by atoms with van der Waals surface area (Å²) >= 11 is 1.53. The largest absolute Gasteiger partial charge is 0.305 e. The van der Waals surface area contributed by atoms with Crippen molar-refractivity contribution in [2.24, 2.45) is 0 Å². The van der Waals surface area contributed by atoms with Gasteiger partial charge in [0.15, 0.2) is 0 Å². The van der Waals surface area contributed by atoms with Gasteiger partial charge in [-0.25, -0.2) is 0 Å². The van der Waals surface area contributed by atoms with E-state index in [1.807, 2.05) is 10.8 Å². The normalized spacial score (nSPS) is 24.0. The fourth-order valence-electron chi connectivity index (χ4n) is 0.424. The van der Waals surface area contributed by atoms with Crippen LogP contribution in [0.1, 0.15) is 12.8 Å². The molecule has 1 fully saturated rings. The maximum absolute atomic E-state index is 5.07. The first-order valence-electron chi connectivity index (χ1n) is 2.41. The Morgan fingerprint density at radius 3 is 3.29 bits per heavy atom. The Bertz CT molecular complexity index is 29.3. The topological polar surface area (TPSA) is 9.23 Å². The SMILES string of the molecule is C1CCSSOC1. The van der Waals surface area contributed by atoms with Gasteiger partial charge in [0.05, 0.1) is 17.7 Å². The van der Waals surface area contributed by atoms with E-state index in [1.165, 1.54) is 29.7 Å². The average Bonchev–Trinajstić information content (AvgIpc) is 1.90. The molecule has 0 aliphatic carbocycles. The van der Waals surface area contributed by atoms with Crippen molar-refractivity contribution in [1.82, 2.24) is 0 Å². The summed E-state index contributed by atoms with van der Waals surface area (Å²) in [6.07, 6.45) is 2.55. The highest BCUT2D eigenvalue weighted by Gasteiger charge is 1.96. The average molecular weight is 136 g/mol. The lowest BCUT2D eigenvalue weighted by Gasteiger charge is -1.88. The second-order valence-electron chi connectivity index (χ2n) is 1.42. The van der Waals surface area contributed by atoms with Crippen molar-refractivity contribution < 1.29 is 4.18 Å². The fourth-order valence-corrected chi connectivity index (χ4v) is 2.03. The van der Waals surface area contributed by atoms with Gasteiger partial charge in [0, 0.05) is 5.75 Å². The van der Waals surface area contributed by atoms with Crippen LogP contribution in [0.4, 0.5) is 0 Å². The van der Waals surface area contributed by atoms with Crippen LogP contribution in [0.2, 0.25) is 0 Å². The first kappa shape index (κ1) is 5.79. The van der Waals surface area contributed by atoms with Gasteiger partial charge >= 0.3 is 0 Å². The molecule has 1 aliphatic rings. The van der Waals surface area contributed by atoms with Gasteiger partial charge in [-0.15, -0.1) is 0 Å². The summed E-state index contributed by atoms with van der Waals surface area (Å²) < 4.78 is 5.07. The molecule has 1 rings (SSSR count). The molecule has 0 N–H and O–H groups in total. The molecular formula is C4H8OS2. The Labute approximate surface area is 51.8 Å². The van der Waals surface area contributed by atoms with E-state index in [4.69, 9.17) is 4.18 Å². The van der Waals surface area contributed by atoms with Gasteiger partial charge in [0.25, 0.3) is 0 Å². The van der Waals surface area contributed by atoms with Crippen molar-refractivity contribution in [3.8, 4) is 0 Å². The van der Waals surface area contributed by atoms with E-state index in [0.717, 1.165) is 6.61 Å². The molecule has 0 unspecified atom stereocenters. The molecule has 0 aromatic heterocycles. The molecule has 0 radical (unpaired) electrons. The first-order valence-corrected chi connectivity index (χ1v) is 4.65. The Kier molecular flexibility index (Phi) is 3.01. The van der Waals surface area contributed by atoms with Gasteiger partial charge in [-0.05, 0) is 12.8 Å². The standard InChI is InChI=1S/C4H8OS2/c1-2-4-6-7-5-3-1/h1-4H2. The molecule has 0 amide bonds. The first-order chi connectivity index (χ1) is 3.50. The zero-order valence-electron chi connectivity index (χ0n) is 4.05. The molecule has 0 bridgehead atoms. The van der Waals surface area contributed by atoms with E-state index < -0.39 is 0 Å². The van der Waals surface area contributed by atoms with Crippen LogP contribution in [-0.4, -0.2) is 12.4 Å². The highest BCUT2D eigenvalue weighted by molar-refractivity contribution is 8.74. The maximum atomic E-state index is 5.07. The van der Waals surface area contributed by atoms with Gasteiger partial charge in [-0.1, -0.05) is 10.8 Å². The van der Waals surface area contributed by atoms with Crippen LogP contribution in [0, 0.1) is 0 Å². The van der Waals surface area contributed by atoms with E-state index in [-0.39, 0.29) is 0 Å². The van der Waals surface area contributed by atoms with Crippen LogP contribution in [0.3, 0.4) is 0 Å². The van der Waals surface area contributed by atoms with Gasteiger partial charge in [-0.2, -0.15) is 0 Å². The summed E-state index contributed by atoms with van der Waals surface area (Å²) in [7, 11) is 1.81. The molecule has 1 nitrogen and oxygen atoms in total. The monoisotopic (exact) mass is 136 g/mol. The van der Waals surface area contributed by atoms with Gasteiger partial charge in [0.2, 0.25) is 0 Å². The van der Waals surface area contributed by atoms with E-state index in [2.05, 4.69) is 0 Å². The lowest BCUT2D eigenvalue weighted by Crippen LogP contribution is -1.80. The van der Waals surface area contributed by atoms with Gasteiger partial charge in [0.1, 0.15) is 0 Å². The maximum Gasteiger partial charge on any atom is 0.0624 e. The third-order valence-corrected chi connectivity index (χ3v) is 2.69. The van der Waals surface area contributed by atoms with Crippen LogP contribution in [0.5, 0.6) is 0 Å². The third kappa shape index (κ3) is 2.46. The van der Waals surface area contributed by atoms with Gasteiger partial charge in [-0.3, -0.25) is 0 Å². The quantitative estimate of drug-likeness (QED) is 0.373. The Morgan fingerprint density at radius 1 is 1.29 bits per heavy atom. The number of hydrogen-bond acceptors (Lipinski definition) is 3. The lowest BCUT2D eigenvalue weighted by molar-refractivity contribution is 0.371. The van der Waals surface area contributed by atoms with Crippen molar-refractivity contribution in [2.45, 2.75) is 12.8 Å². The van der Waals surface area contributed by atoms with Crippen molar-refractivity contribution in [2.75, 3.05) is 12.4 Å². The predicted molar refractivity (Wildman–Crippen MR) is 35.2 cm³/mol.